The molecule has 1 aliphatic heterocycles. The zero-order chi connectivity index (χ0) is 23.3. The van der Waals surface area contributed by atoms with Crippen molar-refractivity contribution >= 4 is 23.2 Å². The number of pyridine rings is 1. The lowest BCUT2D eigenvalue weighted by atomic mass is 10.2. The van der Waals surface area contributed by atoms with E-state index in [0.717, 1.165) is 25.2 Å². The molecule has 4 heterocycles. The molecule has 1 N–H and O–H groups in total. The summed E-state index contributed by atoms with van der Waals surface area (Å²) in [6, 6.07) is 14.0. The van der Waals surface area contributed by atoms with Gasteiger partial charge in [-0.1, -0.05) is 30.3 Å². The standard InChI is InChI=1S/C25H24N8O/c1-18-17-32(21-7-9-26-10-8-21)11-12-33(18)25-29-13-20(14-30-25)31-24(34)23-16-27-22(15-28-23)19-5-3-2-4-6-19/h2-10,13-16,18H,11-12,17H2,1H3,(H,31,34)/t18-/m0/s1. The van der Waals surface area contributed by atoms with Crippen LogP contribution in [0.3, 0.4) is 0 Å². The predicted molar refractivity (Wildman–Crippen MR) is 131 cm³/mol. The lowest BCUT2D eigenvalue weighted by Gasteiger charge is -2.40. The number of carbonyl (C=O) groups is 1. The van der Waals surface area contributed by atoms with Gasteiger partial charge < -0.3 is 15.1 Å². The van der Waals surface area contributed by atoms with Gasteiger partial charge in [0.2, 0.25) is 5.95 Å². The first-order valence-corrected chi connectivity index (χ1v) is 11.1. The molecule has 9 heteroatoms. The number of nitrogens with one attached hydrogen (secondary N) is 1. The van der Waals surface area contributed by atoms with Gasteiger partial charge in [-0.3, -0.25) is 14.8 Å². The molecule has 1 atom stereocenters. The minimum Gasteiger partial charge on any atom is -0.368 e. The van der Waals surface area contributed by atoms with Gasteiger partial charge in [0.1, 0.15) is 5.69 Å². The van der Waals surface area contributed by atoms with E-state index in [4.69, 9.17) is 0 Å². The van der Waals surface area contributed by atoms with Gasteiger partial charge in [-0.05, 0) is 19.1 Å². The van der Waals surface area contributed by atoms with Crippen LogP contribution < -0.4 is 15.1 Å². The molecule has 5 rings (SSSR count). The molecule has 170 valence electrons. The molecule has 0 saturated carbocycles. The van der Waals surface area contributed by atoms with Gasteiger partial charge in [0.05, 0.1) is 36.2 Å². The molecule has 0 unspecified atom stereocenters. The quantitative estimate of drug-likeness (QED) is 0.492. The number of nitrogens with zero attached hydrogens (tertiary/aromatic N) is 7. The van der Waals surface area contributed by atoms with Gasteiger partial charge >= 0.3 is 0 Å². The monoisotopic (exact) mass is 452 g/mol. The highest BCUT2D eigenvalue weighted by Crippen LogP contribution is 2.22. The lowest BCUT2D eigenvalue weighted by Crippen LogP contribution is -2.52. The number of amides is 1. The summed E-state index contributed by atoms with van der Waals surface area (Å²) in [6.07, 6.45) is 9.92. The average molecular weight is 453 g/mol. The van der Waals surface area contributed by atoms with Crippen molar-refractivity contribution in [3.05, 3.63) is 85.3 Å². The highest BCUT2D eigenvalue weighted by molar-refractivity contribution is 6.02. The first kappa shape index (κ1) is 21.4. The summed E-state index contributed by atoms with van der Waals surface area (Å²) in [5.41, 5.74) is 3.56. The zero-order valence-corrected chi connectivity index (χ0v) is 18.7. The van der Waals surface area contributed by atoms with E-state index in [0.29, 0.717) is 17.3 Å². The van der Waals surface area contributed by atoms with Gasteiger partial charge in [0.15, 0.2) is 0 Å². The van der Waals surface area contributed by atoms with Crippen molar-refractivity contribution < 1.29 is 4.79 Å². The van der Waals surface area contributed by atoms with E-state index in [1.165, 1.54) is 11.9 Å². The van der Waals surface area contributed by atoms with Crippen molar-refractivity contribution in [1.29, 1.82) is 0 Å². The normalized spacial score (nSPS) is 15.7. The highest BCUT2D eigenvalue weighted by atomic mass is 16.1. The number of hydrogen-bond donors (Lipinski definition) is 1. The summed E-state index contributed by atoms with van der Waals surface area (Å²) in [5.74, 6) is 0.287. The number of piperazine rings is 1. The van der Waals surface area contributed by atoms with Gasteiger partial charge in [-0.15, -0.1) is 0 Å². The Morgan fingerprint density at radius 3 is 2.35 bits per heavy atom. The van der Waals surface area contributed by atoms with Crippen LogP contribution >= 0.6 is 0 Å². The second-order valence-corrected chi connectivity index (χ2v) is 8.07. The smallest absolute Gasteiger partial charge is 0.275 e. The molecule has 1 aromatic carbocycles. The van der Waals surface area contributed by atoms with Crippen LogP contribution in [0.15, 0.2) is 79.6 Å². The first-order chi connectivity index (χ1) is 16.7. The van der Waals surface area contributed by atoms with Crippen molar-refractivity contribution in [3.8, 4) is 11.3 Å². The predicted octanol–water partition coefficient (Wildman–Crippen LogP) is 3.30. The Bertz CT molecular complexity index is 1230. The molecule has 0 aliphatic carbocycles. The van der Waals surface area contributed by atoms with Gasteiger partial charge in [-0.25, -0.2) is 15.0 Å². The van der Waals surface area contributed by atoms with E-state index >= 15 is 0 Å². The maximum atomic E-state index is 12.6. The molecule has 4 aromatic rings. The van der Waals surface area contributed by atoms with E-state index < -0.39 is 0 Å². The third-order valence-electron chi connectivity index (χ3n) is 5.76. The summed E-state index contributed by atoms with van der Waals surface area (Å²) in [4.78, 5) is 38.8. The van der Waals surface area contributed by atoms with Gasteiger partial charge in [-0.2, -0.15) is 0 Å². The molecule has 1 amide bonds. The van der Waals surface area contributed by atoms with Crippen molar-refractivity contribution in [2.75, 3.05) is 34.8 Å². The summed E-state index contributed by atoms with van der Waals surface area (Å²) in [7, 11) is 0. The number of aromatic nitrogens is 5. The Morgan fingerprint density at radius 1 is 0.912 bits per heavy atom. The van der Waals surface area contributed by atoms with E-state index in [1.807, 2.05) is 54.9 Å². The molecule has 1 saturated heterocycles. The van der Waals surface area contributed by atoms with Crippen LogP contribution in [0, 0.1) is 0 Å². The first-order valence-electron chi connectivity index (χ1n) is 11.1. The Kier molecular flexibility index (Phi) is 6.07. The summed E-state index contributed by atoms with van der Waals surface area (Å²) in [5, 5.41) is 2.79. The van der Waals surface area contributed by atoms with Crippen LogP contribution in [0.1, 0.15) is 17.4 Å². The molecular formula is C25H24N8O. The molecule has 1 aliphatic rings. The summed E-state index contributed by atoms with van der Waals surface area (Å²) < 4.78 is 0. The van der Waals surface area contributed by atoms with Crippen LogP contribution in [-0.4, -0.2) is 56.5 Å². The average Bonchev–Trinajstić information content (AvgIpc) is 2.90. The second kappa shape index (κ2) is 9.62. The maximum absolute atomic E-state index is 12.6. The van der Waals surface area contributed by atoms with Gasteiger partial charge in [0.25, 0.3) is 5.91 Å². The lowest BCUT2D eigenvalue weighted by molar-refractivity contribution is 0.102. The Labute approximate surface area is 197 Å². The van der Waals surface area contributed by atoms with E-state index in [-0.39, 0.29) is 17.6 Å². The van der Waals surface area contributed by atoms with Crippen LogP contribution in [-0.2, 0) is 0 Å². The van der Waals surface area contributed by atoms with Crippen molar-refractivity contribution in [1.82, 2.24) is 24.9 Å². The highest BCUT2D eigenvalue weighted by Gasteiger charge is 2.25. The third-order valence-corrected chi connectivity index (χ3v) is 5.76. The molecular weight excluding hydrogens is 428 g/mol. The molecule has 0 bridgehead atoms. The summed E-state index contributed by atoms with van der Waals surface area (Å²) >= 11 is 0. The fourth-order valence-electron chi connectivity index (χ4n) is 3.98. The number of carbonyl (C=O) groups excluding carboxylic acids is 1. The fourth-order valence-corrected chi connectivity index (χ4v) is 3.98. The fraction of sp³-hybridized carbons (Fsp3) is 0.200. The van der Waals surface area contributed by atoms with Crippen molar-refractivity contribution in [2.45, 2.75) is 13.0 Å². The third kappa shape index (κ3) is 4.68. The molecule has 34 heavy (non-hydrogen) atoms. The SMILES string of the molecule is C[C@H]1CN(c2ccncc2)CCN1c1ncc(NC(=O)c2cnc(-c3ccccc3)cn2)cn1. The second-order valence-electron chi connectivity index (χ2n) is 8.07. The molecule has 1 fully saturated rings. The molecule has 9 nitrogen and oxygen atoms in total. The van der Waals surface area contributed by atoms with Crippen molar-refractivity contribution in [3.63, 3.8) is 0 Å². The van der Waals surface area contributed by atoms with Crippen LogP contribution in [0.2, 0.25) is 0 Å². The Morgan fingerprint density at radius 2 is 1.68 bits per heavy atom. The molecule has 0 radical (unpaired) electrons. The Balaban J connectivity index is 1.20. The number of rotatable bonds is 5. The van der Waals surface area contributed by atoms with Gasteiger partial charge in [0, 0.05) is 49.3 Å². The van der Waals surface area contributed by atoms with E-state index in [9.17, 15) is 4.79 Å². The van der Waals surface area contributed by atoms with Crippen molar-refractivity contribution in [2.24, 2.45) is 0 Å². The molecule has 0 spiro atoms. The topological polar surface area (TPSA) is 100 Å². The Hall–Kier alpha value is -4.40. The van der Waals surface area contributed by atoms with E-state index in [1.54, 1.807) is 18.6 Å². The molecule has 3 aromatic heterocycles. The van der Waals surface area contributed by atoms with Crippen LogP contribution in [0.4, 0.5) is 17.3 Å². The number of hydrogen-bond acceptors (Lipinski definition) is 8. The minimum atomic E-state index is -0.359. The zero-order valence-electron chi connectivity index (χ0n) is 18.7. The van der Waals surface area contributed by atoms with Crippen LogP contribution in [0.5, 0.6) is 0 Å². The maximum Gasteiger partial charge on any atom is 0.275 e. The van der Waals surface area contributed by atoms with Crippen LogP contribution in [0.25, 0.3) is 11.3 Å². The minimum absolute atomic E-state index is 0.226. The summed E-state index contributed by atoms with van der Waals surface area (Å²) in [6.45, 7) is 4.69. The largest absolute Gasteiger partial charge is 0.368 e. The number of anilines is 3. The number of benzene rings is 1. The van der Waals surface area contributed by atoms with E-state index in [2.05, 4.69) is 47.0 Å².